The van der Waals surface area contributed by atoms with E-state index in [4.69, 9.17) is 9.98 Å². The third kappa shape index (κ3) is 3.44. The van der Waals surface area contributed by atoms with E-state index in [1.54, 1.807) is 4.68 Å². The lowest BCUT2D eigenvalue weighted by Gasteiger charge is -2.20. The summed E-state index contributed by atoms with van der Waals surface area (Å²) >= 11 is 0. The zero-order valence-electron chi connectivity index (χ0n) is 17.5. The Morgan fingerprint density at radius 3 is 2.41 bits per heavy atom. The molecule has 0 spiro atoms. The predicted octanol–water partition coefficient (Wildman–Crippen LogP) is 4.16. The van der Waals surface area contributed by atoms with Gasteiger partial charge in [-0.3, -0.25) is 0 Å². The van der Waals surface area contributed by atoms with Crippen LogP contribution in [0.1, 0.15) is 37.9 Å². The Balaban J connectivity index is 1.72. The molecule has 0 radical (unpaired) electrons. The second-order valence-electron chi connectivity index (χ2n) is 7.12. The second-order valence-corrected chi connectivity index (χ2v) is 7.12. The van der Waals surface area contributed by atoms with Crippen LogP contribution in [0.15, 0.2) is 46.5 Å². The van der Waals surface area contributed by atoms with Crippen molar-refractivity contribution in [1.82, 2.24) is 19.9 Å². The van der Waals surface area contributed by atoms with Crippen molar-refractivity contribution in [3.63, 3.8) is 0 Å². The lowest BCUT2D eigenvalue weighted by atomic mass is 10.1. The van der Waals surface area contributed by atoms with Crippen LogP contribution in [0.2, 0.25) is 0 Å². The number of aliphatic imine (C=N–C) groups is 1. The number of benzene rings is 1. The van der Waals surface area contributed by atoms with Gasteiger partial charge in [0.05, 0.1) is 17.1 Å². The largest absolute Gasteiger partial charge is 0.357 e. The first kappa shape index (κ1) is 19.0. The van der Waals surface area contributed by atoms with Gasteiger partial charge in [0, 0.05) is 18.7 Å². The summed E-state index contributed by atoms with van der Waals surface area (Å²) in [6, 6.07) is 12.2. The Bertz CT molecular complexity index is 1120. The zero-order valence-corrected chi connectivity index (χ0v) is 17.5. The van der Waals surface area contributed by atoms with Gasteiger partial charge in [-0.05, 0) is 52.8 Å². The number of nitrogens with zero attached hydrogens (tertiary/aromatic N) is 7. The van der Waals surface area contributed by atoms with E-state index in [1.807, 2.05) is 38.1 Å². The van der Waals surface area contributed by atoms with Crippen molar-refractivity contribution in [2.45, 2.75) is 34.6 Å². The number of hydrogen-bond acceptors (Lipinski definition) is 6. The van der Waals surface area contributed by atoms with Gasteiger partial charge in [0.15, 0.2) is 5.82 Å². The molecule has 3 heterocycles. The van der Waals surface area contributed by atoms with Gasteiger partial charge in [-0.2, -0.15) is 9.78 Å². The zero-order chi connectivity index (χ0) is 20.5. The molecule has 0 atom stereocenters. The highest BCUT2D eigenvalue weighted by atomic mass is 15.5. The smallest absolute Gasteiger partial charge is 0.205 e. The highest BCUT2D eigenvalue weighted by Gasteiger charge is 2.26. The number of rotatable bonds is 5. The second kappa shape index (κ2) is 7.58. The monoisotopic (exact) mass is 387 g/mol. The van der Waals surface area contributed by atoms with Crippen LogP contribution >= 0.6 is 0 Å². The lowest BCUT2D eigenvalue weighted by Crippen LogP contribution is -2.23. The van der Waals surface area contributed by atoms with Gasteiger partial charge in [-0.1, -0.05) is 23.8 Å². The predicted molar refractivity (Wildman–Crippen MR) is 117 cm³/mol. The Kier molecular flexibility index (Phi) is 4.96. The maximum atomic E-state index is 4.84. The summed E-state index contributed by atoms with van der Waals surface area (Å²) < 4.78 is 1.77. The molecule has 0 N–H and O–H groups in total. The molecule has 1 aliphatic heterocycles. The third-order valence-electron chi connectivity index (χ3n) is 5.08. The fourth-order valence-corrected chi connectivity index (χ4v) is 3.48. The van der Waals surface area contributed by atoms with E-state index in [0.29, 0.717) is 5.82 Å². The van der Waals surface area contributed by atoms with Crippen LogP contribution in [-0.2, 0) is 0 Å². The van der Waals surface area contributed by atoms with Crippen molar-refractivity contribution in [2.75, 3.05) is 18.0 Å². The highest BCUT2D eigenvalue weighted by molar-refractivity contribution is 6.48. The van der Waals surface area contributed by atoms with E-state index in [2.05, 4.69) is 53.1 Å². The molecule has 0 bridgehead atoms. The molecule has 0 amide bonds. The van der Waals surface area contributed by atoms with E-state index < -0.39 is 0 Å². The Hall–Kier alpha value is -3.35. The van der Waals surface area contributed by atoms with E-state index >= 15 is 0 Å². The standard InChI is InChI=1S/C22H25N7/c1-6-28(7-2)19-12-11-18(15(4)23-19)24-20-16(5)27-29-21(25-26-22(20)29)17-10-8-9-14(3)13-17/h8-13H,6-7H2,1-5H3/b24-20+. The number of anilines is 1. The minimum atomic E-state index is 0.659. The molecule has 4 rings (SSSR count). The Labute approximate surface area is 170 Å². The Morgan fingerprint density at radius 2 is 1.72 bits per heavy atom. The molecule has 0 saturated carbocycles. The lowest BCUT2D eigenvalue weighted by molar-refractivity contribution is 0.842. The fraction of sp³-hybridized carbons (Fsp3) is 0.318. The minimum Gasteiger partial charge on any atom is -0.357 e. The number of aromatic nitrogens is 4. The summed E-state index contributed by atoms with van der Waals surface area (Å²) in [5.41, 5.74) is 5.41. The number of aryl methyl sites for hydroxylation is 2. The van der Waals surface area contributed by atoms with Crippen LogP contribution in [-0.4, -0.2) is 44.4 Å². The SMILES string of the molecule is CCN(CC)c1ccc(/N=C2\C(C)=Nn3c2nnc3-c2cccc(C)c2)c(C)n1. The summed E-state index contributed by atoms with van der Waals surface area (Å²) in [5, 5.41) is 13.4. The van der Waals surface area contributed by atoms with E-state index in [1.165, 1.54) is 5.56 Å². The molecular formula is C22H25N7. The normalized spacial score (nSPS) is 14.2. The van der Waals surface area contributed by atoms with Crippen molar-refractivity contribution in [3.8, 4) is 11.4 Å². The average Bonchev–Trinajstić information content (AvgIpc) is 3.24. The topological polar surface area (TPSA) is 71.6 Å². The van der Waals surface area contributed by atoms with Crippen LogP contribution in [0.25, 0.3) is 11.4 Å². The molecule has 0 saturated heterocycles. The molecule has 29 heavy (non-hydrogen) atoms. The van der Waals surface area contributed by atoms with Crippen LogP contribution in [0.5, 0.6) is 0 Å². The molecule has 1 aromatic carbocycles. The van der Waals surface area contributed by atoms with Crippen molar-refractivity contribution < 1.29 is 0 Å². The van der Waals surface area contributed by atoms with E-state index in [0.717, 1.165) is 53.1 Å². The van der Waals surface area contributed by atoms with Crippen molar-refractivity contribution >= 4 is 22.9 Å². The number of fused-ring (bicyclic) bond motifs is 1. The summed E-state index contributed by atoms with van der Waals surface area (Å²) in [7, 11) is 0. The first-order valence-electron chi connectivity index (χ1n) is 9.91. The summed E-state index contributed by atoms with van der Waals surface area (Å²) in [6.45, 7) is 12.1. The maximum Gasteiger partial charge on any atom is 0.205 e. The molecule has 3 aromatic rings. The third-order valence-corrected chi connectivity index (χ3v) is 5.08. The van der Waals surface area contributed by atoms with Gasteiger partial charge in [-0.25, -0.2) is 9.98 Å². The quantitative estimate of drug-likeness (QED) is 0.659. The summed E-state index contributed by atoms with van der Waals surface area (Å²) in [5.74, 6) is 2.35. The van der Waals surface area contributed by atoms with Gasteiger partial charge in [0.25, 0.3) is 0 Å². The van der Waals surface area contributed by atoms with Gasteiger partial charge < -0.3 is 4.90 Å². The van der Waals surface area contributed by atoms with Crippen LogP contribution in [0.4, 0.5) is 11.5 Å². The Morgan fingerprint density at radius 1 is 0.966 bits per heavy atom. The first-order chi connectivity index (χ1) is 14.0. The molecule has 148 valence electrons. The average molecular weight is 387 g/mol. The molecule has 0 unspecified atom stereocenters. The van der Waals surface area contributed by atoms with Crippen molar-refractivity contribution in [2.24, 2.45) is 10.1 Å². The van der Waals surface area contributed by atoms with Gasteiger partial charge in [-0.15, -0.1) is 10.2 Å². The van der Waals surface area contributed by atoms with E-state index in [9.17, 15) is 0 Å². The molecular weight excluding hydrogens is 362 g/mol. The highest BCUT2D eigenvalue weighted by Crippen LogP contribution is 2.26. The molecule has 7 nitrogen and oxygen atoms in total. The maximum absolute atomic E-state index is 4.84. The molecule has 2 aromatic heterocycles. The molecule has 7 heteroatoms. The van der Waals surface area contributed by atoms with E-state index in [-0.39, 0.29) is 0 Å². The van der Waals surface area contributed by atoms with Crippen molar-refractivity contribution in [3.05, 3.63) is 53.5 Å². The van der Waals surface area contributed by atoms with Gasteiger partial charge in [0.2, 0.25) is 5.82 Å². The fourth-order valence-electron chi connectivity index (χ4n) is 3.48. The first-order valence-corrected chi connectivity index (χ1v) is 9.91. The van der Waals surface area contributed by atoms with Crippen LogP contribution in [0, 0.1) is 13.8 Å². The molecule has 1 aliphatic rings. The molecule has 0 fully saturated rings. The minimum absolute atomic E-state index is 0.659. The van der Waals surface area contributed by atoms with Crippen LogP contribution < -0.4 is 4.90 Å². The summed E-state index contributed by atoms with van der Waals surface area (Å²) in [4.78, 5) is 11.8. The number of pyridine rings is 1. The van der Waals surface area contributed by atoms with Gasteiger partial charge in [0.1, 0.15) is 11.5 Å². The van der Waals surface area contributed by atoms with Crippen molar-refractivity contribution in [1.29, 1.82) is 0 Å². The van der Waals surface area contributed by atoms with Gasteiger partial charge >= 0.3 is 0 Å². The number of hydrogen-bond donors (Lipinski definition) is 0. The summed E-state index contributed by atoms with van der Waals surface area (Å²) in [6.07, 6.45) is 0. The van der Waals surface area contributed by atoms with Crippen LogP contribution in [0.3, 0.4) is 0 Å². The molecule has 0 aliphatic carbocycles.